The van der Waals surface area contributed by atoms with Crippen molar-refractivity contribution in [3.8, 4) is 0 Å². The van der Waals surface area contributed by atoms with Crippen LogP contribution in [0.3, 0.4) is 0 Å². The lowest BCUT2D eigenvalue weighted by Crippen LogP contribution is -2.37. The Morgan fingerprint density at radius 2 is 2.14 bits per heavy atom. The molecule has 0 spiro atoms. The lowest BCUT2D eigenvalue weighted by molar-refractivity contribution is 0.312. The van der Waals surface area contributed by atoms with Gasteiger partial charge in [0.15, 0.2) is 0 Å². The Labute approximate surface area is 86.3 Å². The molecule has 14 heavy (non-hydrogen) atoms. The van der Waals surface area contributed by atoms with Crippen LogP contribution < -0.4 is 5.73 Å². The van der Waals surface area contributed by atoms with Gasteiger partial charge in [0.05, 0.1) is 0 Å². The average molecular weight is 195 g/mol. The van der Waals surface area contributed by atoms with Crippen molar-refractivity contribution in [1.29, 1.82) is 0 Å². The second-order valence-electron chi connectivity index (χ2n) is 4.81. The minimum absolute atomic E-state index is 0.143. The van der Waals surface area contributed by atoms with Gasteiger partial charge in [-0.25, -0.2) is 4.98 Å². The number of hydrogen-bond donors (Lipinski definition) is 1. The van der Waals surface area contributed by atoms with Crippen LogP contribution in [0.5, 0.6) is 0 Å². The molecule has 1 rings (SSSR count). The maximum atomic E-state index is 6.11. The van der Waals surface area contributed by atoms with Crippen LogP contribution in [0, 0.1) is 5.41 Å². The highest BCUT2D eigenvalue weighted by Crippen LogP contribution is 2.20. The molecular formula is C11H21N3. The molecule has 0 aliphatic heterocycles. The number of hydrogen-bond acceptors (Lipinski definition) is 2. The lowest BCUT2D eigenvalue weighted by atomic mass is 9.85. The maximum absolute atomic E-state index is 6.11. The molecule has 1 atom stereocenters. The van der Waals surface area contributed by atoms with Gasteiger partial charge in [-0.05, 0) is 12.3 Å². The highest BCUT2D eigenvalue weighted by Gasteiger charge is 2.22. The highest BCUT2D eigenvalue weighted by atomic mass is 15.1. The second kappa shape index (κ2) is 4.13. The quantitative estimate of drug-likeness (QED) is 0.799. The Hall–Kier alpha value is -0.830. The van der Waals surface area contributed by atoms with Gasteiger partial charge in [0.2, 0.25) is 0 Å². The van der Waals surface area contributed by atoms with Crippen LogP contribution in [0.2, 0.25) is 0 Å². The van der Waals surface area contributed by atoms with Gasteiger partial charge in [-0.1, -0.05) is 20.8 Å². The number of aryl methyl sites for hydroxylation is 1. The highest BCUT2D eigenvalue weighted by molar-refractivity contribution is 4.97. The van der Waals surface area contributed by atoms with E-state index in [0.29, 0.717) is 0 Å². The molecule has 0 aromatic carbocycles. The normalized spacial score (nSPS) is 14.4. The first-order valence-corrected chi connectivity index (χ1v) is 5.20. The van der Waals surface area contributed by atoms with Crippen molar-refractivity contribution in [3.05, 3.63) is 18.2 Å². The van der Waals surface area contributed by atoms with Crippen molar-refractivity contribution >= 4 is 0 Å². The van der Waals surface area contributed by atoms with Gasteiger partial charge in [-0.3, -0.25) is 0 Å². The van der Waals surface area contributed by atoms with Gasteiger partial charge in [-0.2, -0.15) is 0 Å². The molecule has 1 aromatic heterocycles. The minimum atomic E-state index is 0.143. The average Bonchev–Trinajstić information content (AvgIpc) is 2.50. The van der Waals surface area contributed by atoms with E-state index >= 15 is 0 Å². The molecule has 0 amide bonds. The molecule has 3 nitrogen and oxygen atoms in total. The van der Waals surface area contributed by atoms with Crippen LogP contribution in [0.1, 0.15) is 33.5 Å². The van der Waals surface area contributed by atoms with Gasteiger partial charge >= 0.3 is 0 Å². The summed E-state index contributed by atoms with van der Waals surface area (Å²) in [5.41, 5.74) is 6.26. The summed E-state index contributed by atoms with van der Waals surface area (Å²) in [5.74, 6) is 1.09. The fourth-order valence-electron chi connectivity index (χ4n) is 1.32. The third-order valence-corrected chi connectivity index (χ3v) is 2.66. The van der Waals surface area contributed by atoms with E-state index in [1.54, 1.807) is 0 Å². The van der Waals surface area contributed by atoms with Crippen molar-refractivity contribution in [2.75, 3.05) is 0 Å². The van der Waals surface area contributed by atoms with E-state index in [2.05, 4.69) is 37.2 Å². The molecule has 0 aliphatic rings. The molecule has 0 bridgehead atoms. The predicted octanol–water partition coefficient (Wildman–Crippen LogP) is 1.82. The number of rotatable bonds is 3. The van der Waals surface area contributed by atoms with E-state index in [1.165, 1.54) is 0 Å². The number of nitrogens with two attached hydrogens (primary N) is 1. The lowest BCUT2D eigenvalue weighted by Gasteiger charge is -2.26. The van der Waals surface area contributed by atoms with Gasteiger partial charge in [0.25, 0.3) is 0 Å². The summed E-state index contributed by atoms with van der Waals surface area (Å²) in [4.78, 5) is 4.32. The first-order valence-electron chi connectivity index (χ1n) is 5.20. The Kier molecular flexibility index (Phi) is 3.32. The fourth-order valence-corrected chi connectivity index (χ4v) is 1.32. The van der Waals surface area contributed by atoms with Crippen LogP contribution in [0.15, 0.2) is 12.4 Å². The van der Waals surface area contributed by atoms with E-state index in [9.17, 15) is 0 Å². The topological polar surface area (TPSA) is 43.8 Å². The molecule has 0 radical (unpaired) electrons. The predicted molar refractivity (Wildman–Crippen MR) is 59.0 cm³/mol. The summed E-state index contributed by atoms with van der Waals surface area (Å²) >= 11 is 0. The Morgan fingerprint density at radius 3 is 2.64 bits per heavy atom. The van der Waals surface area contributed by atoms with E-state index in [4.69, 9.17) is 5.73 Å². The zero-order valence-corrected chi connectivity index (χ0v) is 9.62. The Balaban J connectivity index is 2.69. The summed E-state index contributed by atoms with van der Waals surface area (Å²) in [5, 5.41) is 0. The van der Waals surface area contributed by atoms with Crippen LogP contribution in [-0.2, 0) is 13.0 Å². The van der Waals surface area contributed by atoms with Crippen LogP contribution in [0.25, 0.3) is 0 Å². The molecule has 1 heterocycles. The zero-order valence-electron chi connectivity index (χ0n) is 9.62. The third kappa shape index (κ3) is 2.58. The van der Waals surface area contributed by atoms with Crippen molar-refractivity contribution in [2.45, 2.75) is 46.7 Å². The van der Waals surface area contributed by atoms with Gasteiger partial charge in [0, 0.05) is 31.4 Å². The first kappa shape index (κ1) is 11.2. The van der Waals surface area contributed by atoms with Crippen molar-refractivity contribution in [1.82, 2.24) is 9.55 Å². The second-order valence-corrected chi connectivity index (χ2v) is 4.81. The SMILES string of the molecule is CCn1ccnc1CC(N)C(C)(C)C. The van der Waals surface area contributed by atoms with Gasteiger partial charge < -0.3 is 10.3 Å². The zero-order chi connectivity index (χ0) is 10.8. The Morgan fingerprint density at radius 1 is 1.50 bits per heavy atom. The number of aromatic nitrogens is 2. The number of nitrogens with zero attached hydrogens (tertiary/aromatic N) is 2. The smallest absolute Gasteiger partial charge is 0.110 e. The molecule has 3 heteroatoms. The molecule has 0 aliphatic carbocycles. The van der Waals surface area contributed by atoms with Crippen LogP contribution in [-0.4, -0.2) is 15.6 Å². The van der Waals surface area contributed by atoms with E-state index in [-0.39, 0.29) is 11.5 Å². The summed E-state index contributed by atoms with van der Waals surface area (Å²) in [7, 11) is 0. The summed E-state index contributed by atoms with van der Waals surface area (Å²) in [6.07, 6.45) is 4.70. The number of imidazole rings is 1. The van der Waals surface area contributed by atoms with Crippen molar-refractivity contribution < 1.29 is 0 Å². The first-order chi connectivity index (χ1) is 6.45. The monoisotopic (exact) mass is 195 g/mol. The van der Waals surface area contributed by atoms with E-state index in [0.717, 1.165) is 18.8 Å². The van der Waals surface area contributed by atoms with E-state index < -0.39 is 0 Å². The Bertz CT molecular complexity index is 283. The fraction of sp³-hybridized carbons (Fsp3) is 0.727. The third-order valence-electron chi connectivity index (χ3n) is 2.66. The van der Waals surface area contributed by atoms with Crippen LogP contribution >= 0.6 is 0 Å². The maximum Gasteiger partial charge on any atom is 0.110 e. The standard InChI is InChI=1S/C11H21N3/c1-5-14-7-6-13-10(14)8-9(12)11(2,3)4/h6-7,9H,5,8,12H2,1-4H3. The van der Waals surface area contributed by atoms with Crippen molar-refractivity contribution in [2.24, 2.45) is 11.1 Å². The molecular weight excluding hydrogens is 174 g/mol. The molecule has 0 saturated carbocycles. The molecule has 0 fully saturated rings. The molecule has 1 unspecified atom stereocenters. The van der Waals surface area contributed by atoms with Gasteiger partial charge in [0.1, 0.15) is 5.82 Å². The summed E-state index contributed by atoms with van der Waals surface area (Å²) in [6.45, 7) is 9.57. The minimum Gasteiger partial charge on any atom is -0.335 e. The van der Waals surface area contributed by atoms with E-state index in [1.807, 2.05) is 12.4 Å². The molecule has 2 N–H and O–H groups in total. The van der Waals surface area contributed by atoms with Crippen LogP contribution in [0.4, 0.5) is 0 Å². The molecule has 80 valence electrons. The van der Waals surface area contributed by atoms with Gasteiger partial charge in [-0.15, -0.1) is 0 Å². The summed E-state index contributed by atoms with van der Waals surface area (Å²) in [6, 6.07) is 0.162. The molecule has 1 aromatic rings. The largest absolute Gasteiger partial charge is 0.335 e. The van der Waals surface area contributed by atoms with Crippen molar-refractivity contribution in [3.63, 3.8) is 0 Å². The molecule has 0 saturated heterocycles. The summed E-state index contributed by atoms with van der Waals surface area (Å²) < 4.78 is 2.14.